The molecule has 0 spiro atoms. The molecule has 0 aliphatic heterocycles. The van der Waals surface area contributed by atoms with E-state index in [9.17, 15) is 14.7 Å². The summed E-state index contributed by atoms with van der Waals surface area (Å²) in [5.74, 6) is -1.66. The van der Waals surface area contributed by atoms with Crippen LogP contribution in [0.3, 0.4) is 0 Å². The molecular weight excluding hydrogens is 364 g/mol. The van der Waals surface area contributed by atoms with Crippen molar-refractivity contribution in [3.63, 3.8) is 0 Å². The standard InChI is InChI=1S/C20H24N2O6/c1-12(22-19(24)16-17(23)15(26-3)10-11-21-16)20(25)28-13(2)18(27-4)14-8-6-5-7-9-14/h5-13,18,23H,1-4H3,(H,22,24)/t12-,13-,18-/m0/s1. The third-order valence-corrected chi connectivity index (χ3v) is 4.13. The van der Waals surface area contributed by atoms with E-state index >= 15 is 0 Å². The molecule has 2 rings (SSSR count). The summed E-state index contributed by atoms with van der Waals surface area (Å²) < 4.78 is 15.8. The second kappa shape index (κ2) is 9.70. The number of hydrogen-bond acceptors (Lipinski definition) is 7. The molecule has 8 nitrogen and oxygen atoms in total. The minimum atomic E-state index is -0.962. The van der Waals surface area contributed by atoms with E-state index in [0.29, 0.717) is 0 Å². The van der Waals surface area contributed by atoms with Crippen LogP contribution in [0.25, 0.3) is 0 Å². The lowest BCUT2D eigenvalue weighted by atomic mass is 10.1. The van der Waals surface area contributed by atoms with E-state index in [4.69, 9.17) is 14.2 Å². The van der Waals surface area contributed by atoms with E-state index in [0.717, 1.165) is 5.56 Å². The predicted molar refractivity (Wildman–Crippen MR) is 101 cm³/mol. The molecule has 0 bridgehead atoms. The largest absolute Gasteiger partial charge is 0.503 e. The number of nitrogens with one attached hydrogen (secondary N) is 1. The van der Waals surface area contributed by atoms with E-state index < -0.39 is 35.9 Å². The number of aromatic nitrogens is 1. The summed E-state index contributed by atoms with van der Waals surface area (Å²) in [6.45, 7) is 3.19. The Hall–Kier alpha value is -3.13. The van der Waals surface area contributed by atoms with Crippen molar-refractivity contribution in [2.75, 3.05) is 14.2 Å². The maximum Gasteiger partial charge on any atom is 0.328 e. The number of pyridine rings is 1. The third-order valence-electron chi connectivity index (χ3n) is 4.13. The summed E-state index contributed by atoms with van der Waals surface area (Å²) >= 11 is 0. The number of rotatable bonds is 8. The first-order valence-corrected chi connectivity index (χ1v) is 8.70. The van der Waals surface area contributed by atoms with Gasteiger partial charge in [-0.05, 0) is 19.4 Å². The second-order valence-corrected chi connectivity index (χ2v) is 6.11. The van der Waals surface area contributed by atoms with Crippen molar-refractivity contribution in [3.8, 4) is 11.5 Å². The Balaban J connectivity index is 2.01. The Morgan fingerprint density at radius 2 is 1.79 bits per heavy atom. The highest BCUT2D eigenvalue weighted by Crippen LogP contribution is 2.27. The van der Waals surface area contributed by atoms with Crippen LogP contribution in [0.4, 0.5) is 0 Å². The summed E-state index contributed by atoms with van der Waals surface area (Å²) in [4.78, 5) is 28.5. The monoisotopic (exact) mass is 388 g/mol. The van der Waals surface area contributed by atoms with Crippen molar-refractivity contribution in [2.45, 2.75) is 32.1 Å². The van der Waals surface area contributed by atoms with Gasteiger partial charge in [0.1, 0.15) is 18.2 Å². The highest BCUT2D eigenvalue weighted by Gasteiger charge is 2.27. The van der Waals surface area contributed by atoms with E-state index in [2.05, 4.69) is 10.3 Å². The van der Waals surface area contributed by atoms with Crippen LogP contribution < -0.4 is 10.1 Å². The molecule has 8 heteroatoms. The van der Waals surface area contributed by atoms with E-state index in [1.165, 1.54) is 33.4 Å². The number of carbonyl (C=O) groups is 2. The molecule has 0 radical (unpaired) electrons. The van der Waals surface area contributed by atoms with Crippen LogP contribution in [-0.4, -0.2) is 48.3 Å². The summed E-state index contributed by atoms with van der Waals surface area (Å²) in [6.07, 6.45) is 0.293. The Bertz CT molecular complexity index is 812. The molecule has 1 amide bonds. The topological polar surface area (TPSA) is 107 Å². The van der Waals surface area contributed by atoms with Crippen molar-refractivity contribution in [1.82, 2.24) is 10.3 Å². The molecule has 1 aromatic carbocycles. The highest BCUT2D eigenvalue weighted by atomic mass is 16.6. The molecule has 3 atom stereocenters. The van der Waals surface area contributed by atoms with Gasteiger partial charge in [-0.25, -0.2) is 9.78 Å². The highest BCUT2D eigenvalue weighted by molar-refractivity contribution is 5.97. The smallest absolute Gasteiger partial charge is 0.328 e. The summed E-state index contributed by atoms with van der Waals surface area (Å²) in [5.41, 5.74) is 0.624. The average Bonchev–Trinajstić information content (AvgIpc) is 2.69. The molecule has 0 saturated carbocycles. The number of nitrogens with zero attached hydrogens (tertiary/aromatic N) is 1. The molecule has 28 heavy (non-hydrogen) atoms. The van der Waals surface area contributed by atoms with E-state index in [1.54, 1.807) is 6.92 Å². The third kappa shape index (κ3) is 4.98. The SMILES string of the molecule is COc1ccnc(C(=O)N[C@@H](C)C(=O)O[C@@H](C)[C@H](OC)c2ccccc2)c1O. The number of benzene rings is 1. The molecule has 2 N–H and O–H groups in total. The summed E-state index contributed by atoms with van der Waals surface area (Å²) in [6, 6.07) is 9.82. The van der Waals surface area contributed by atoms with Crippen LogP contribution in [0, 0.1) is 0 Å². The van der Waals surface area contributed by atoms with Gasteiger partial charge in [-0.2, -0.15) is 0 Å². The molecular formula is C20H24N2O6. The number of amides is 1. The van der Waals surface area contributed by atoms with Gasteiger partial charge in [0.25, 0.3) is 5.91 Å². The molecule has 0 saturated heterocycles. The number of hydrogen-bond donors (Lipinski definition) is 2. The lowest BCUT2D eigenvalue weighted by Crippen LogP contribution is -2.41. The van der Waals surface area contributed by atoms with Crippen molar-refractivity contribution < 1.29 is 28.9 Å². The number of ether oxygens (including phenoxy) is 3. The van der Waals surface area contributed by atoms with Gasteiger partial charge in [0.2, 0.25) is 0 Å². The van der Waals surface area contributed by atoms with Gasteiger partial charge < -0.3 is 24.6 Å². The first kappa shape index (κ1) is 21.2. The number of carbonyl (C=O) groups excluding carboxylic acids is 2. The lowest BCUT2D eigenvalue weighted by molar-refractivity contribution is -0.157. The fourth-order valence-electron chi connectivity index (χ4n) is 2.68. The molecule has 0 unspecified atom stereocenters. The normalized spacial score (nSPS) is 13.9. The van der Waals surface area contributed by atoms with E-state index in [1.807, 2.05) is 30.3 Å². The molecule has 1 aromatic heterocycles. The minimum absolute atomic E-state index is 0.106. The van der Waals surface area contributed by atoms with Gasteiger partial charge in [0.05, 0.1) is 7.11 Å². The Morgan fingerprint density at radius 1 is 1.11 bits per heavy atom. The zero-order valence-corrected chi connectivity index (χ0v) is 16.2. The number of esters is 1. The molecule has 0 fully saturated rings. The molecule has 150 valence electrons. The molecule has 2 aromatic rings. The lowest BCUT2D eigenvalue weighted by Gasteiger charge is -2.24. The van der Waals surface area contributed by atoms with Gasteiger partial charge >= 0.3 is 5.97 Å². The Labute approximate surface area is 163 Å². The van der Waals surface area contributed by atoms with Crippen molar-refractivity contribution in [3.05, 3.63) is 53.9 Å². The Morgan fingerprint density at radius 3 is 2.39 bits per heavy atom. The van der Waals surface area contributed by atoms with Gasteiger partial charge in [0.15, 0.2) is 17.2 Å². The van der Waals surface area contributed by atoms with Crippen LogP contribution in [0.15, 0.2) is 42.6 Å². The van der Waals surface area contributed by atoms with Crippen LogP contribution >= 0.6 is 0 Å². The van der Waals surface area contributed by atoms with Gasteiger partial charge in [0, 0.05) is 19.4 Å². The molecule has 0 aliphatic rings. The first-order chi connectivity index (χ1) is 13.4. The van der Waals surface area contributed by atoms with Gasteiger partial charge in [-0.1, -0.05) is 30.3 Å². The van der Waals surface area contributed by atoms with Crippen LogP contribution in [0.2, 0.25) is 0 Å². The van der Waals surface area contributed by atoms with Crippen molar-refractivity contribution in [2.24, 2.45) is 0 Å². The quantitative estimate of drug-likeness (QED) is 0.668. The zero-order chi connectivity index (χ0) is 20.7. The summed E-state index contributed by atoms with van der Waals surface area (Å²) in [7, 11) is 2.89. The molecule has 0 aliphatic carbocycles. The maximum absolute atomic E-state index is 12.4. The predicted octanol–water partition coefficient (Wildman–Crippen LogP) is 2.23. The van der Waals surface area contributed by atoms with E-state index in [-0.39, 0.29) is 11.4 Å². The van der Waals surface area contributed by atoms with Crippen LogP contribution in [-0.2, 0) is 14.3 Å². The van der Waals surface area contributed by atoms with Crippen LogP contribution in [0.1, 0.15) is 36.0 Å². The minimum Gasteiger partial charge on any atom is -0.503 e. The van der Waals surface area contributed by atoms with Crippen molar-refractivity contribution in [1.29, 1.82) is 0 Å². The fraction of sp³-hybridized carbons (Fsp3) is 0.350. The zero-order valence-electron chi connectivity index (χ0n) is 16.2. The van der Waals surface area contributed by atoms with Crippen LogP contribution in [0.5, 0.6) is 11.5 Å². The Kier molecular flexibility index (Phi) is 7.34. The average molecular weight is 388 g/mol. The number of aromatic hydroxyl groups is 1. The second-order valence-electron chi connectivity index (χ2n) is 6.11. The van der Waals surface area contributed by atoms with Gasteiger partial charge in [-0.3, -0.25) is 4.79 Å². The fourth-order valence-corrected chi connectivity index (χ4v) is 2.68. The summed E-state index contributed by atoms with van der Waals surface area (Å²) in [5, 5.41) is 12.5. The van der Waals surface area contributed by atoms with Gasteiger partial charge in [-0.15, -0.1) is 0 Å². The molecule has 1 heterocycles. The first-order valence-electron chi connectivity index (χ1n) is 8.70. The maximum atomic E-state index is 12.4. The number of methoxy groups -OCH3 is 2. The van der Waals surface area contributed by atoms with Crippen molar-refractivity contribution >= 4 is 11.9 Å².